The Hall–Kier alpha value is -0.520. The van der Waals surface area contributed by atoms with Gasteiger partial charge in [-0.3, -0.25) is 0 Å². The van der Waals surface area contributed by atoms with Gasteiger partial charge in [0.15, 0.2) is 0 Å². The molecule has 56 valence electrons. The molecule has 0 N–H and O–H groups in total. The molecule has 0 saturated carbocycles. The summed E-state index contributed by atoms with van der Waals surface area (Å²) in [4.78, 5) is 0. The predicted molar refractivity (Wildman–Crippen MR) is 45.9 cm³/mol. The van der Waals surface area contributed by atoms with Gasteiger partial charge in [-0.15, -0.1) is 0 Å². The summed E-state index contributed by atoms with van der Waals surface area (Å²) in [6.07, 6.45) is 6.01. The van der Waals surface area contributed by atoms with E-state index in [0.717, 1.165) is 5.92 Å². The Morgan fingerprint density at radius 3 is 3.00 bits per heavy atom. The van der Waals surface area contributed by atoms with Gasteiger partial charge in [-0.2, -0.15) is 0 Å². The summed E-state index contributed by atoms with van der Waals surface area (Å²) in [5.74, 6) is 0.857. The van der Waals surface area contributed by atoms with E-state index >= 15 is 0 Å². The van der Waals surface area contributed by atoms with Gasteiger partial charge in [-0.05, 0) is 32.1 Å². The first kappa shape index (κ1) is 7.59. The normalized spacial score (nSPS) is 27.6. The van der Waals surface area contributed by atoms with Gasteiger partial charge in [-0.25, -0.2) is 0 Å². The van der Waals surface area contributed by atoms with Crippen molar-refractivity contribution in [2.45, 2.75) is 33.1 Å². The highest BCUT2D eigenvalue weighted by atomic mass is 14.1. The Morgan fingerprint density at radius 1 is 1.60 bits per heavy atom. The van der Waals surface area contributed by atoms with Crippen LogP contribution in [-0.4, -0.2) is 0 Å². The van der Waals surface area contributed by atoms with Crippen molar-refractivity contribution >= 4 is 0 Å². The molecule has 1 atom stereocenters. The molecule has 0 aromatic carbocycles. The maximum atomic E-state index is 3.98. The molecule has 0 nitrogen and oxygen atoms in total. The highest BCUT2D eigenvalue weighted by molar-refractivity contribution is 5.21. The molecule has 0 heteroatoms. The fourth-order valence-corrected chi connectivity index (χ4v) is 1.56. The Kier molecular flexibility index (Phi) is 2.31. The van der Waals surface area contributed by atoms with Gasteiger partial charge in [0.2, 0.25) is 0 Å². The van der Waals surface area contributed by atoms with E-state index in [2.05, 4.69) is 26.5 Å². The van der Waals surface area contributed by atoms with Crippen molar-refractivity contribution in [1.29, 1.82) is 0 Å². The van der Waals surface area contributed by atoms with Crippen LogP contribution >= 0.6 is 0 Å². The van der Waals surface area contributed by atoms with Crippen molar-refractivity contribution in [2.24, 2.45) is 5.92 Å². The van der Waals surface area contributed by atoms with Crippen molar-refractivity contribution in [1.82, 2.24) is 0 Å². The first-order chi connectivity index (χ1) is 4.68. The fourth-order valence-electron chi connectivity index (χ4n) is 1.56. The average Bonchev–Trinajstić information content (AvgIpc) is 1.93. The van der Waals surface area contributed by atoms with Crippen LogP contribution < -0.4 is 0 Å². The largest absolute Gasteiger partial charge is 0.0958 e. The topological polar surface area (TPSA) is 0 Å². The maximum Gasteiger partial charge on any atom is -0.0282 e. The van der Waals surface area contributed by atoms with E-state index < -0.39 is 0 Å². The van der Waals surface area contributed by atoms with Gasteiger partial charge in [0.05, 0.1) is 0 Å². The highest BCUT2D eigenvalue weighted by Crippen LogP contribution is 2.24. The zero-order valence-corrected chi connectivity index (χ0v) is 6.98. The number of hydrogen-bond acceptors (Lipinski definition) is 0. The second-order valence-electron chi connectivity index (χ2n) is 3.50. The lowest BCUT2D eigenvalue weighted by molar-refractivity contribution is 0.539. The molecule has 1 aliphatic rings. The smallest absolute Gasteiger partial charge is 0.0282 e. The lowest BCUT2D eigenvalue weighted by Gasteiger charge is -2.05. The molecule has 0 spiro atoms. The predicted octanol–water partition coefficient (Wildman–Crippen LogP) is 3.31. The van der Waals surface area contributed by atoms with Crippen LogP contribution in [0.5, 0.6) is 0 Å². The zero-order chi connectivity index (χ0) is 7.56. The SMILES string of the molecule is C=C1C=C(C)CC(C)CC1. The molecular weight excluding hydrogens is 120 g/mol. The van der Waals surface area contributed by atoms with Crippen LogP contribution in [0.15, 0.2) is 23.8 Å². The first-order valence-electron chi connectivity index (χ1n) is 4.03. The van der Waals surface area contributed by atoms with Crippen LogP contribution in [0.2, 0.25) is 0 Å². The van der Waals surface area contributed by atoms with E-state index in [1.54, 1.807) is 0 Å². The molecule has 0 aromatic rings. The van der Waals surface area contributed by atoms with Crippen LogP contribution in [0.25, 0.3) is 0 Å². The monoisotopic (exact) mass is 136 g/mol. The van der Waals surface area contributed by atoms with E-state index in [0.29, 0.717) is 0 Å². The molecule has 0 fully saturated rings. The quantitative estimate of drug-likeness (QED) is 0.479. The van der Waals surface area contributed by atoms with Crippen LogP contribution in [-0.2, 0) is 0 Å². The summed E-state index contributed by atoms with van der Waals surface area (Å²) in [6.45, 7) is 8.50. The van der Waals surface area contributed by atoms with E-state index in [1.807, 2.05) is 0 Å². The molecular formula is C10H16. The lowest BCUT2D eigenvalue weighted by atomic mass is 10.0. The van der Waals surface area contributed by atoms with Gasteiger partial charge < -0.3 is 0 Å². The summed E-state index contributed by atoms with van der Waals surface area (Å²) >= 11 is 0. The minimum absolute atomic E-state index is 0.857. The first-order valence-corrected chi connectivity index (χ1v) is 4.03. The Balaban J connectivity index is 2.64. The second-order valence-corrected chi connectivity index (χ2v) is 3.50. The summed E-state index contributed by atoms with van der Waals surface area (Å²) < 4.78 is 0. The summed E-state index contributed by atoms with van der Waals surface area (Å²) in [5, 5.41) is 0. The maximum absolute atomic E-state index is 3.98. The van der Waals surface area contributed by atoms with Crippen LogP contribution in [0.4, 0.5) is 0 Å². The van der Waals surface area contributed by atoms with E-state index in [1.165, 1.54) is 30.4 Å². The highest BCUT2D eigenvalue weighted by Gasteiger charge is 2.07. The van der Waals surface area contributed by atoms with E-state index in [-0.39, 0.29) is 0 Å². The number of rotatable bonds is 0. The van der Waals surface area contributed by atoms with Gasteiger partial charge >= 0.3 is 0 Å². The Morgan fingerprint density at radius 2 is 2.30 bits per heavy atom. The summed E-state index contributed by atoms with van der Waals surface area (Å²) in [7, 11) is 0. The molecule has 0 radical (unpaired) electrons. The van der Waals surface area contributed by atoms with Crippen molar-refractivity contribution < 1.29 is 0 Å². The molecule has 0 bridgehead atoms. The van der Waals surface area contributed by atoms with E-state index in [9.17, 15) is 0 Å². The lowest BCUT2D eigenvalue weighted by Crippen LogP contribution is -1.91. The van der Waals surface area contributed by atoms with Gasteiger partial charge in [0.1, 0.15) is 0 Å². The molecule has 1 rings (SSSR count). The van der Waals surface area contributed by atoms with Gasteiger partial charge in [-0.1, -0.05) is 30.7 Å². The van der Waals surface area contributed by atoms with Crippen molar-refractivity contribution in [2.75, 3.05) is 0 Å². The molecule has 0 saturated heterocycles. The third kappa shape index (κ3) is 2.02. The zero-order valence-electron chi connectivity index (χ0n) is 6.98. The molecule has 1 aliphatic carbocycles. The van der Waals surface area contributed by atoms with Gasteiger partial charge in [0, 0.05) is 0 Å². The minimum atomic E-state index is 0.857. The molecule has 0 amide bonds. The van der Waals surface area contributed by atoms with Crippen LogP contribution in [0.1, 0.15) is 33.1 Å². The van der Waals surface area contributed by atoms with Crippen molar-refractivity contribution in [3.63, 3.8) is 0 Å². The third-order valence-electron chi connectivity index (χ3n) is 2.08. The summed E-state index contributed by atoms with van der Waals surface area (Å²) in [6, 6.07) is 0. The van der Waals surface area contributed by atoms with Crippen molar-refractivity contribution in [3.8, 4) is 0 Å². The molecule has 0 heterocycles. The molecule has 0 aliphatic heterocycles. The van der Waals surface area contributed by atoms with Gasteiger partial charge in [0.25, 0.3) is 0 Å². The number of hydrogen-bond donors (Lipinski definition) is 0. The fraction of sp³-hybridized carbons (Fsp3) is 0.600. The van der Waals surface area contributed by atoms with Crippen molar-refractivity contribution in [3.05, 3.63) is 23.8 Å². The Bertz CT molecular complexity index is 163. The van der Waals surface area contributed by atoms with E-state index in [4.69, 9.17) is 0 Å². The number of allylic oxidation sites excluding steroid dienone is 3. The minimum Gasteiger partial charge on any atom is -0.0958 e. The molecule has 10 heavy (non-hydrogen) atoms. The van der Waals surface area contributed by atoms with Crippen LogP contribution in [0.3, 0.4) is 0 Å². The standard InChI is InChI=1S/C10H16/c1-8-4-5-9(2)7-10(3)6-8/h6,9H,1,4-5,7H2,2-3H3. The Labute approximate surface area is 63.6 Å². The van der Waals surface area contributed by atoms with Crippen LogP contribution in [0, 0.1) is 5.92 Å². The second kappa shape index (κ2) is 3.05. The summed E-state index contributed by atoms with van der Waals surface area (Å²) in [5.41, 5.74) is 2.80. The average molecular weight is 136 g/mol. The third-order valence-corrected chi connectivity index (χ3v) is 2.08. The molecule has 1 unspecified atom stereocenters. The molecule has 0 aromatic heterocycles.